The molecule has 2 rings (SSSR count). The summed E-state index contributed by atoms with van der Waals surface area (Å²) in [7, 11) is 3.06. The van der Waals surface area contributed by atoms with Crippen molar-refractivity contribution in [3.63, 3.8) is 0 Å². The molecule has 100 valence electrons. The Morgan fingerprint density at radius 2 is 1.89 bits per heavy atom. The van der Waals surface area contributed by atoms with Gasteiger partial charge in [0, 0.05) is 14.1 Å². The second-order valence-corrected chi connectivity index (χ2v) is 4.36. The van der Waals surface area contributed by atoms with E-state index in [1.165, 1.54) is 23.5 Å². The van der Waals surface area contributed by atoms with Crippen LogP contribution >= 0.6 is 11.6 Å². The van der Waals surface area contributed by atoms with Gasteiger partial charge >= 0.3 is 0 Å². The number of hydrogen-bond donors (Lipinski definition) is 1. The van der Waals surface area contributed by atoms with Crippen molar-refractivity contribution in [3.05, 3.63) is 38.9 Å². The molecule has 0 fully saturated rings. The molecular weight excluding hydrogens is 268 g/mol. The van der Waals surface area contributed by atoms with Crippen LogP contribution in [0.25, 0.3) is 10.8 Å². The fraction of sp³-hybridized carbons (Fsp3) is 0.250. The van der Waals surface area contributed by atoms with Crippen molar-refractivity contribution < 1.29 is 0 Å². The lowest BCUT2D eigenvalue weighted by Gasteiger charge is -2.09. The number of fused-ring (bicyclic) bond motifs is 1. The van der Waals surface area contributed by atoms with Gasteiger partial charge in [0.2, 0.25) is 0 Å². The third kappa shape index (κ3) is 2.15. The highest BCUT2D eigenvalue weighted by Gasteiger charge is 2.12. The fourth-order valence-electron chi connectivity index (χ4n) is 1.83. The van der Waals surface area contributed by atoms with Crippen molar-refractivity contribution in [2.75, 3.05) is 5.88 Å². The van der Waals surface area contributed by atoms with E-state index in [4.69, 9.17) is 17.3 Å². The van der Waals surface area contributed by atoms with Crippen LogP contribution in [0.5, 0.6) is 0 Å². The van der Waals surface area contributed by atoms with E-state index in [2.05, 4.69) is 4.99 Å². The van der Waals surface area contributed by atoms with Gasteiger partial charge < -0.3 is 5.73 Å². The summed E-state index contributed by atoms with van der Waals surface area (Å²) in [6.07, 6.45) is 0. The summed E-state index contributed by atoms with van der Waals surface area (Å²) in [5.74, 6) is 0.249. The molecule has 0 amide bonds. The van der Waals surface area contributed by atoms with Gasteiger partial charge in [0.05, 0.1) is 22.3 Å². The Labute approximate surface area is 113 Å². The highest BCUT2D eigenvalue weighted by atomic mass is 35.5. The molecule has 1 aromatic carbocycles. The van der Waals surface area contributed by atoms with Crippen molar-refractivity contribution in [1.29, 1.82) is 0 Å². The number of aromatic nitrogens is 2. The Morgan fingerprint density at radius 3 is 2.53 bits per heavy atom. The van der Waals surface area contributed by atoms with E-state index < -0.39 is 0 Å². The number of halogens is 1. The van der Waals surface area contributed by atoms with Crippen LogP contribution < -0.4 is 16.9 Å². The summed E-state index contributed by atoms with van der Waals surface area (Å²) < 4.78 is 2.49. The molecule has 19 heavy (non-hydrogen) atoms. The number of hydrogen-bond acceptors (Lipinski definition) is 3. The first kappa shape index (κ1) is 13.4. The zero-order valence-electron chi connectivity index (χ0n) is 10.6. The first-order chi connectivity index (χ1) is 8.97. The molecule has 0 spiro atoms. The average molecular weight is 281 g/mol. The third-order valence-electron chi connectivity index (χ3n) is 2.93. The van der Waals surface area contributed by atoms with Gasteiger partial charge in [-0.15, -0.1) is 11.6 Å². The maximum Gasteiger partial charge on any atom is 0.275 e. The van der Waals surface area contributed by atoms with Crippen molar-refractivity contribution in [2.24, 2.45) is 24.8 Å². The van der Waals surface area contributed by atoms with Gasteiger partial charge in [0.15, 0.2) is 0 Å². The Bertz CT molecular complexity index is 789. The average Bonchev–Trinajstić information content (AvgIpc) is 2.42. The lowest BCUT2D eigenvalue weighted by Crippen LogP contribution is -2.35. The number of nitrogens with two attached hydrogens (primary N) is 1. The number of nitrogens with zero attached hydrogens (tertiary/aromatic N) is 3. The van der Waals surface area contributed by atoms with Crippen LogP contribution in [-0.4, -0.2) is 21.1 Å². The molecule has 2 N–H and O–H groups in total. The van der Waals surface area contributed by atoms with Crippen molar-refractivity contribution in [1.82, 2.24) is 9.36 Å². The number of rotatable bonds is 2. The standard InChI is InChI=1S/C12H13ClN4O2/c1-16-11(18)7-4-3-5-8(15-9(14)6-13)10(7)12(19)17(16)2/h3-5H,6H2,1-2H3,(H2,14,15). The van der Waals surface area contributed by atoms with Crippen LogP contribution in [-0.2, 0) is 14.1 Å². The van der Waals surface area contributed by atoms with E-state index in [0.717, 1.165) is 0 Å². The molecule has 2 aromatic rings. The SMILES string of the molecule is Cn1c(=O)c2cccc(N=C(N)CCl)c2c(=O)n1C. The molecule has 0 aliphatic heterocycles. The van der Waals surface area contributed by atoms with Crippen LogP contribution in [0.4, 0.5) is 5.69 Å². The lowest BCUT2D eigenvalue weighted by atomic mass is 10.1. The first-order valence-electron chi connectivity index (χ1n) is 5.55. The smallest absolute Gasteiger partial charge is 0.275 e. The number of amidine groups is 1. The fourth-order valence-corrected chi connectivity index (χ4v) is 1.89. The van der Waals surface area contributed by atoms with Crippen LogP contribution in [0.15, 0.2) is 32.8 Å². The summed E-state index contributed by atoms with van der Waals surface area (Å²) in [6.45, 7) is 0. The summed E-state index contributed by atoms with van der Waals surface area (Å²) >= 11 is 5.58. The van der Waals surface area contributed by atoms with Gasteiger partial charge in [0.25, 0.3) is 11.1 Å². The molecule has 0 saturated carbocycles. The maximum absolute atomic E-state index is 12.3. The summed E-state index contributed by atoms with van der Waals surface area (Å²) in [6, 6.07) is 4.88. The van der Waals surface area contributed by atoms with E-state index in [9.17, 15) is 9.59 Å². The second kappa shape index (κ2) is 4.89. The zero-order valence-corrected chi connectivity index (χ0v) is 11.3. The number of benzene rings is 1. The van der Waals surface area contributed by atoms with E-state index in [1.54, 1.807) is 18.2 Å². The van der Waals surface area contributed by atoms with Crippen LogP contribution in [0, 0.1) is 0 Å². The van der Waals surface area contributed by atoms with E-state index in [0.29, 0.717) is 11.1 Å². The molecule has 7 heteroatoms. The molecule has 6 nitrogen and oxygen atoms in total. The highest BCUT2D eigenvalue weighted by molar-refractivity contribution is 6.28. The topological polar surface area (TPSA) is 82.4 Å². The second-order valence-electron chi connectivity index (χ2n) is 4.09. The van der Waals surface area contributed by atoms with Gasteiger partial charge in [-0.3, -0.25) is 19.0 Å². The molecule has 1 aromatic heterocycles. The highest BCUT2D eigenvalue weighted by Crippen LogP contribution is 2.20. The van der Waals surface area contributed by atoms with Gasteiger partial charge in [-0.25, -0.2) is 4.99 Å². The van der Waals surface area contributed by atoms with Gasteiger partial charge in [-0.2, -0.15) is 0 Å². The van der Waals surface area contributed by atoms with Crippen molar-refractivity contribution >= 4 is 33.9 Å². The van der Waals surface area contributed by atoms with Gasteiger partial charge in [-0.05, 0) is 12.1 Å². The molecule has 1 heterocycles. The summed E-state index contributed by atoms with van der Waals surface area (Å²) in [4.78, 5) is 28.4. The van der Waals surface area contributed by atoms with Gasteiger partial charge in [0.1, 0.15) is 5.84 Å². The summed E-state index contributed by atoms with van der Waals surface area (Å²) in [5, 5.41) is 0.565. The van der Waals surface area contributed by atoms with E-state index in [-0.39, 0.29) is 28.2 Å². The van der Waals surface area contributed by atoms with Gasteiger partial charge in [-0.1, -0.05) is 6.07 Å². The van der Waals surface area contributed by atoms with E-state index >= 15 is 0 Å². The third-order valence-corrected chi connectivity index (χ3v) is 3.20. The monoisotopic (exact) mass is 280 g/mol. The quantitative estimate of drug-likeness (QED) is 0.493. The van der Waals surface area contributed by atoms with Crippen molar-refractivity contribution in [3.8, 4) is 0 Å². The molecule has 0 unspecified atom stereocenters. The zero-order chi connectivity index (χ0) is 14.2. The summed E-state index contributed by atoms with van der Waals surface area (Å²) in [5.41, 5.74) is 5.36. The predicted octanol–water partition coefficient (Wildman–Crippen LogP) is 0.465. The molecule has 0 atom stereocenters. The van der Waals surface area contributed by atoms with Crippen LogP contribution in [0.3, 0.4) is 0 Å². The minimum atomic E-state index is -0.307. The molecule has 0 aliphatic carbocycles. The minimum Gasteiger partial charge on any atom is -0.386 e. The lowest BCUT2D eigenvalue weighted by molar-refractivity contribution is 0.543. The van der Waals surface area contributed by atoms with E-state index in [1.807, 2.05) is 0 Å². The van der Waals surface area contributed by atoms with Crippen molar-refractivity contribution in [2.45, 2.75) is 0 Å². The molecule has 0 bridgehead atoms. The first-order valence-corrected chi connectivity index (χ1v) is 6.09. The minimum absolute atomic E-state index is 0.0571. The Hall–Kier alpha value is -2.08. The molecule has 0 saturated heterocycles. The normalized spacial score (nSPS) is 12.1. The Kier molecular flexibility index (Phi) is 3.44. The predicted molar refractivity (Wildman–Crippen MR) is 76.4 cm³/mol. The van der Waals surface area contributed by atoms with Crippen LogP contribution in [0.2, 0.25) is 0 Å². The molecule has 0 radical (unpaired) electrons. The van der Waals surface area contributed by atoms with Crippen LogP contribution in [0.1, 0.15) is 0 Å². The molecular formula is C12H13ClN4O2. The maximum atomic E-state index is 12.3. The Morgan fingerprint density at radius 1 is 1.26 bits per heavy atom. The number of alkyl halides is 1. The molecule has 0 aliphatic rings. The number of aliphatic imine (C=N–C) groups is 1. The largest absolute Gasteiger partial charge is 0.386 e. The Balaban J connectivity index is 2.98.